The molecule has 0 aliphatic heterocycles. The van der Waals surface area contributed by atoms with Crippen LogP contribution in [0.5, 0.6) is 0 Å². The molecule has 0 fully saturated rings. The molecule has 2 unspecified atom stereocenters. The van der Waals surface area contributed by atoms with Gasteiger partial charge in [0.15, 0.2) is 0 Å². The summed E-state index contributed by atoms with van der Waals surface area (Å²) in [5.41, 5.74) is 7.74. The number of rotatable bonds is 7. The third-order valence-corrected chi connectivity index (χ3v) is 9.21. The topological polar surface area (TPSA) is 20.2 Å². The predicted molar refractivity (Wildman–Crippen MR) is 173 cm³/mol. The first-order chi connectivity index (χ1) is 20.1. The minimum atomic E-state index is -1.26. The van der Waals surface area contributed by atoms with Crippen LogP contribution in [0.1, 0.15) is 45.7 Å². The maximum atomic E-state index is 13.1. The highest BCUT2D eigenvalue weighted by atomic mass is 79.9. The molecule has 6 aromatic rings. The number of hydrogen-bond donors (Lipinski definition) is 1. The first kappa shape index (κ1) is 26.0. The summed E-state index contributed by atoms with van der Waals surface area (Å²) in [4.78, 5) is 0. The fraction of sp³-hybridized carbons (Fsp3) is 0.128. The van der Waals surface area contributed by atoms with Crippen LogP contribution in [0.25, 0.3) is 21.9 Å². The van der Waals surface area contributed by atoms with E-state index in [-0.39, 0.29) is 0 Å². The Bertz CT molecular complexity index is 1840. The highest BCUT2D eigenvalue weighted by molar-refractivity contribution is 9.10. The molecule has 0 bridgehead atoms. The molecule has 0 heterocycles. The van der Waals surface area contributed by atoms with Gasteiger partial charge >= 0.3 is 0 Å². The second-order valence-corrected chi connectivity index (χ2v) is 12.0. The molecule has 0 aromatic heterocycles. The van der Waals surface area contributed by atoms with Gasteiger partial charge in [-0.1, -0.05) is 143 Å². The number of hydrogen-bond acceptors (Lipinski definition) is 1. The third-order valence-electron chi connectivity index (χ3n) is 8.72. The van der Waals surface area contributed by atoms with Crippen molar-refractivity contribution in [3.8, 4) is 11.1 Å². The van der Waals surface area contributed by atoms with Gasteiger partial charge in [0.2, 0.25) is 0 Å². The van der Waals surface area contributed by atoms with Crippen molar-refractivity contribution in [2.45, 2.75) is 30.8 Å². The van der Waals surface area contributed by atoms with Gasteiger partial charge in [-0.05, 0) is 81.5 Å². The molecule has 1 N–H and O–H groups in total. The van der Waals surface area contributed by atoms with Gasteiger partial charge in [0.1, 0.15) is 5.60 Å². The lowest BCUT2D eigenvalue weighted by Crippen LogP contribution is -2.28. The largest absolute Gasteiger partial charge is 0.376 e. The van der Waals surface area contributed by atoms with Crippen molar-refractivity contribution in [1.29, 1.82) is 0 Å². The van der Waals surface area contributed by atoms with Gasteiger partial charge in [-0.15, -0.1) is 0 Å². The Hall–Kier alpha value is -3.98. The Kier molecular flexibility index (Phi) is 6.82. The molecule has 7 rings (SSSR count). The molecule has 2 atom stereocenters. The SMILES string of the molecule is OC1(c2ccccc2CCC(Cc2ccccc2)c2ccccc2)c2cc(Br)ccc2-c2ccc3ccccc3c21. The van der Waals surface area contributed by atoms with E-state index in [2.05, 4.69) is 155 Å². The Balaban J connectivity index is 1.34. The Labute approximate surface area is 250 Å². The van der Waals surface area contributed by atoms with Gasteiger partial charge in [0.05, 0.1) is 0 Å². The number of halogens is 1. The smallest absolute Gasteiger partial charge is 0.142 e. The van der Waals surface area contributed by atoms with E-state index < -0.39 is 5.60 Å². The predicted octanol–water partition coefficient (Wildman–Crippen LogP) is 9.83. The van der Waals surface area contributed by atoms with Crippen LogP contribution in [0.3, 0.4) is 0 Å². The van der Waals surface area contributed by atoms with Gasteiger partial charge in [0.25, 0.3) is 0 Å². The maximum absolute atomic E-state index is 13.1. The fourth-order valence-electron chi connectivity index (χ4n) is 6.78. The van der Waals surface area contributed by atoms with Crippen LogP contribution in [0.4, 0.5) is 0 Å². The molecule has 0 spiro atoms. The Morgan fingerprint density at radius 3 is 2.15 bits per heavy atom. The van der Waals surface area contributed by atoms with Gasteiger partial charge in [-0.3, -0.25) is 0 Å². The molecular weight excluding hydrogens is 564 g/mol. The van der Waals surface area contributed by atoms with Gasteiger partial charge in [-0.25, -0.2) is 0 Å². The highest BCUT2D eigenvalue weighted by Crippen LogP contribution is 2.54. The molecule has 0 amide bonds. The summed E-state index contributed by atoms with van der Waals surface area (Å²) >= 11 is 3.70. The second kappa shape index (κ2) is 10.8. The van der Waals surface area contributed by atoms with Gasteiger partial charge in [-0.2, -0.15) is 0 Å². The van der Waals surface area contributed by atoms with E-state index in [1.54, 1.807) is 0 Å². The van der Waals surface area contributed by atoms with E-state index in [0.717, 1.165) is 62.3 Å². The summed E-state index contributed by atoms with van der Waals surface area (Å²) in [5.74, 6) is 0.374. The zero-order valence-corrected chi connectivity index (χ0v) is 24.4. The summed E-state index contributed by atoms with van der Waals surface area (Å²) in [6, 6.07) is 49.2. The monoisotopic (exact) mass is 594 g/mol. The Morgan fingerprint density at radius 2 is 1.32 bits per heavy atom. The molecule has 1 nitrogen and oxygen atoms in total. The van der Waals surface area contributed by atoms with Crippen molar-refractivity contribution in [3.63, 3.8) is 0 Å². The van der Waals surface area contributed by atoms with Crippen LogP contribution in [-0.2, 0) is 18.4 Å². The normalized spacial score (nSPS) is 16.3. The molecule has 1 aliphatic rings. The van der Waals surface area contributed by atoms with Crippen molar-refractivity contribution in [3.05, 3.63) is 177 Å². The summed E-state index contributed by atoms with van der Waals surface area (Å²) in [5, 5.41) is 15.3. The lowest BCUT2D eigenvalue weighted by Gasteiger charge is -2.30. The van der Waals surface area contributed by atoms with Crippen molar-refractivity contribution in [2.75, 3.05) is 0 Å². The summed E-state index contributed by atoms with van der Waals surface area (Å²) in [6.45, 7) is 0. The minimum absolute atomic E-state index is 0.374. The van der Waals surface area contributed by atoms with Crippen molar-refractivity contribution in [2.24, 2.45) is 0 Å². The van der Waals surface area contributed by atoms with E-state index in [1.165, 1.54) is 16.7 Å². The molecule has 0 radical (unpaired) electrons. The molecule has 0 saturated carbocycles. The Morgan fingerprint density at radius 1 is 0.634 bits per heavy atom. The van der Waals surface area contributed by atoms with Crippen LogP contribution in [-0.4, -0.2) is 5.11 Å². The molecule has 6 aromatic carbocycles. The number of aliphatic hydroxyl groups is 1. The van der Waals surface area contributed by atoms with Crippen molar-refractivity contribution >= 4 is 26.7 Å². The standard InChI is InChI=1S/C39H31BrO/c40-32-22-24-34-35-23-21-29-15-7-9-17-33(29)38(35)39(41,37(34)26-32)36-18-10-8-16-30(36)19-20-31(28-13-5-2-6-14-28)25-27-11-3-1-4-12-27/h1-18,21-24,26,31,41H,19-20,25H2. The van der Waals surface area contributed by atoms with Crippen molar-refractivity contribution in [1.82, 2.24) is 0 Å². The average Bonchev–Trinajstić information content (AvgIpc) is 3.28. The van der Waals surface area contributed by atoms with E-state index in [1.807, 2.05) is 0 Å². The third kappa shape index (κ3) is 4.62. The molecule has 200 valence electrons. The molecule has 0 saturated heterocycles. The quantitative estimate of drug-likeness (QED) is 0.195. The second-order valence-electron chi connectivity index (χ2n) is 11.1. The number of aryl methyl sites for hydroxylation is 1. The van der Waals surface area contributed by atoms with E-state index >= 15 is 0 Å². The van der Waals surface area contributed by atoms with E-state index in [0.29, 0.717) is 5.92 Å². The van der Waals surface area contributed by atoms with Gasteiger partial charge < -0.3 is 5.11 Å². The summed E-state index contributed by atoms with van der Waals surface area (Å²) < 4.78 is 0.969. The summed E-state index contributed by atoms with van der Waals surface area (Å²) in [7, 11) is 0. The van der Waals surface area contributed by atoms with E-state index in [9.17, 15) is 5.11 Å². The van der Waals surface area contributed by atoms with Crippen LogP contribution >= 0.6 is 15.9 Å². The average molecular weight is 596 g/mol. The first-order valence-electron chi connectivity index (χ1n) is 14.3. The number of benzene rings is 6. The lowest BCUT2D eigenvalue weighted by atomic mass is 9.78. The zero-order chi connectivity index (χ0) is 27.8. The van der Waals surface area contributed by atoms with E-state index in [4.69, 9.17) is 0 Å². The van der Waals surface area contributed by atoms with Crippen LogP contribution in [0.15, 0.2) is 144 Å². The first-order valence-corrected chi connectivity index (χ1v) is 15.1. The molecule has 1 aliphatic carbocycles. The highest BCUT2D eigenvalue weighted by Gasteiger charge is 2.45. The van der Waals surface area contributed by atoms with Crippen LogP contribution < -0.4 is 0 Å². The maximum Gasteiger partial charge on any atom is 0.142 e. The fourth-order valence-corrected chi connectivity index (χ4v) is 7.14. The van der Waals surface area contributed by atoms with Crippen LogP contribution in [0, 0.1) is 0 Å². The molecule has 41 heavy (non-hydrogen) atoms. The van der Waals surface area contributed by atoms with Crippen molar-refractivity contribution < 1.29 is 5.11 Å². The minimum Gasteiger partial charge on any atom is -0.376 e. The lowest BCUT2D eigenvalue weighted by molar-refractivity contribution is 0.131. The van der Waals surface area contributed by atoms with Crippen LogP contribution in [0.2, 0.25) is 0 Å². The molecule has 2 heteroatoms. The zero-order valence-electron chi connectivity index (χ0n) is 22.8. The summed E-state index contributed by atoms with van der Waals surface area (Å²) in [6.07, 6.45) is 2.84. The molecular formula is C39H31BrO. The van der Waals surface area contributed by atoms with Gasteiger partial charge in [0, 0.05) is 15.6 Å². The number of fused-ring (bicyclic) bond motifs is 5.